The highest BCUT2D eigenvalue weighted by Gasteiger charge is 2.01. The van der Waals surface area contributed by atoms with Gasteiger partial charge in [0.05, 0.1) is 6.20 Å². The molecule has 0 saturated carbocycles. The zero-order chi connectivity index (χ0) is 11.8. The largest absolute Gasteiger partial charge is 0.369 e. The number of anilines is 1. The fourth-order valence-electron chi connectivity index (χ4n) is 1.35. The van der Waals surface area contributed by atoms with Gasteiger partial charge in [0.15, 0.2) is 0 Å². The van der Waals surface area contributed by atoms with Gasteiger partial charge in [-0.3, -0.25) is 4.98 Å². The van der Waals surface area contributed by atoms with Crippen LogP contribution in [0.5, 0.6) is 0 Å². The van der Waals surface area contributed by atoms with Crippen LogP contribution in [0.3, 0.4) is 0 Å². The van der Waals surface area contributed by atoms with Crippen molar-refractivity contribution in [2.24, 2.45) is 0 Å². The molecule has 0 aliphatic heterocycles. The Bertz CT molecular complexity index is 274. The summed E-state index contributed by atoms with van der Waals surface area (Å²) in [7, 11) is 2.17. The van der Waals surface area contributed by atoms with Gasteiger partial charge in [0.1, 0.15) is 5.82 Å². The van der Waals surface area contributed by atoms with Crippen LogP contribution in [0.4, 0.5) is 5.82 Å². The molecule has 0 radical (unpaired) electrons. The Morgan fingerprint density at radius 2 is 2.12 bits per heavy atom. The molecule has 0 bridgehead atoms. The molecule has 1 aromatic rings. The monoisotopic (exact) mass is 222 g/mol. The van der Waals surface area contributed by atoms with Gasteiger partial charge in [0.2, 0.25) is 0 Å². The van der Waals surface area contributed by atoms with Crippen molar-refractivity contribution in [1.82, 2.24) is 14.9 Å². The molecule has 4 heteroatoms. The first-order chi connectivity index (χ1) is 7.70. The van der Waals surface area contributed by atoms with Crippen molar-refractivity contribution in [1.29, 1.82) is 0 Å². The first-order valence-corrected chi connectivity index (χ1v) is 5.90. The quantitative estimate of drug-likeness (QED) is 0.717. The fourth-order valence-corrected chi connectivity index (χ4v) is 1.35. The third-order valence-electron chi connectivity index (χ3n) is 2.69. The molecule has 0 aromatic carbocycles. The van der Waals surface area contributed by atoms with Crippen molar-refractivity contribution in [3.63, 3.8) is 0 Å². The lowest BCUT2D eigenvalue weighted by Crippen LogP contribution is -2.27. The highest BCUT2D eigenvalue weighted by Crippen LogP contribution is 2.00. The molecule has 0 saturated heterocycles. The van der Waals surface area contributed by atoms with Crippen molar-refractivity contribution in [3.8, 4) is 0 Å². The average molecular weight is 222 g/mol. The maximum atomic E-state index is 4.16. The van der Waals surface area contributed by atoms with E-state index in [2.05, 4.69) is 41.1 Å². The lowest BCUT2D eigenvalue weighted by Gasteiger charge is -2.20. The summed E-state index contributed by atoms with van der Waals surface area (Å²) < 4.78 is 0. The number of rotatable bonds is 7. The van der Waals surface area contributed by atoms with Gasteiger partial charge in [0, 0.05) is 25.0 Å². The third kappa shape index (κ3) is 5.07. The van der Waals surface area contributed by atoms with E-state index in [1.54, 1.807) is 18.6 Å². The van der Waals surface area contributed by atoms with Crippen LogP contribution in [-0.4, -0.2) is 41.0 Å². The highest BCUT2D eigenvalue weighted by atomic mass is 15.1. The molecular weight excluding hydrogens is 200 g/mol. The molecule has 16 heavy (non-hydrogen) atoms. The van der Waals surface area contributed by atoms with Gasteiger partial charge in [0.25, 0.3) is 0 Å². The van der Waals surface area contributed by atoms with Gasteiger partial charge >= 0.3 is 0 Å². The summed E-state index contributed by atoms with van der Waals surface area (Å²) in [5, 5.41) is 3.26. The summed E-state index contributed by atoms with van der Waals surface area (Å²) in [6, 6.07) is 0.632. The molecule has 1 rings (SSSR count). The molecule has 90 valence electrons. The molecule has 0 aliphatic rings. The zero-order valence-corrected chi connectivity index (χ0v) is 10.5. The molecule has 0 amide bonds. The van der Waals surface area contributed by atoms with E-state index in [9.17, 15) is 0 Å². The zero-order valence-electron chi connectivity index (χ0n) is 10.5. The maximum Gasteiger partial charge on any atom is 0.144 e. The molecule has 1 heterocycles. The molecule has 1 N–H and O–H groups in total. The van der Waals surface area contributed by atoms with E-state index in [0.717, 1.165) is 25.3 Å². The number of nitrogens with one attached hydrogen (secondary N) is 1. The molecule has 0 aliphatic carbocycles. The van der Waals surface area contributed by atoms with Crippen LogP contribution < -0.4 is 5.32 Å². The summed E-state index contributed by atoms with van der Waals surface area (Å²) in [6.07, 6.45) is 7.51. The van der Waals surface area contributed by atoms with E-state index in [1.165, 1.54) is 6.42 Å². The van der Waals surface area contributed by atoms with E-state index in [4.69, 9.17) is 0 Å². The topological polar surface area (TPSA) is 41.0 Å². The second-order valence-corrected chi connectivity index (χ2v) is 4.30. The smallest absolute Gasteiger partial charge is 0.144 e. The molecule has 0 atom stereocenters. The number of hydrogen-bond donors (Lipinski definition) is 1. The van der Waals surface area contributed by atoms with Crippen LogP contribution in [0, 0.1) is 0 Å². The van der Waals surface area contributed by atoms with Crippen LogP contribution in [0.25, 0.3) is 0 Å². The van der Waals surface area contributed by atoms with Gasteiger partial charge in [-0.15, -0.1) is 0 Å². The summed E-state index contributed by atoms with van der Waals surface area (Å²) >= 11 is 0. The number of nitrogens with zero attached hydrogens (tertiary/aromatic N) is 3. The predicted octanol–water partition coefficient (Wildman–Crippen LogP) is 2.01. The highest BCUT2D eigenvalue weighted by molar-refractivity contribution is 5.29. The van der Waals surface area contributed by atoms with E-state index in [-0.39, 0.29) is 0 Å². The summed E-state index contributed by atoms with van der Waals surface area (Å²) in [6.45, 7) is 6.56. The second-order valence-electron chi connectivity index (χ2n) is 4.30. The summed E-state index contributed by atoms with van der Waals surface area (Å²) in [4.78, 5) is 10.5. The van der Waals surface area contributed by atoms with E-state index in [0.29, 0.717) is 6.04 Å². The second kappa shape index (κ2) is 7.17. The Labute approximate surface area is 98.1 Å². The minimum Gasteiger partial charge on any atom is -0.369 e. The van der Waals surface area contributed by atoms with Crippen LogP contribution >= 0.6 is 0 Å². The number of unbranched alkanes of at least 4 members (excludes halogenated alkanes) is 1. The van der Waals surface area contributed by atoms with E-state index >= 15 is 0 Å². The average Bonchev–Trinajstić information content (AvgIpc) is 2.29. The summed E-state index contributed by atoms with van der Waals surface area (Å²) in [5.74, 6) is 0.861. The Kier molecular flexibility index (Phi) is 5.78. The van der Waals surface area contributed by atoms with Crippen LogP contribution in [0.1, 0.15) is 26.7 Å². The number of hydrogen-bond acceptors (Lipinski definition) is 4. The molecule has 0 spiro atoms. The molecule has 1 aromatic heterocycles. The third-order valence-corrected chi connectivity index (χ3v) is 2.69. The van der Waals surface area contributed by atoms with Crippen molar-refractivity contribution >= 4 is 5.82 Å². The molecule has 4 nitrogen and oxygen atoms in total. The van der Waals surface area contributed by atoms with E-state index in [1.807, 2.05) is 0 Å². The first-order valence-electron chi connectivity index (χ1n) is 5.90. The minimum atomic E-state index is 0.632. The molecule has 0 fully saturated rings. The Balaban J connectivity index is 2.04. The van der Waals surface area contributed by atoms with Gasteiger partial charge in [-0.1, -0.05) is 0 Å². The Morgan fingerprint density at radius 3 is 2.75 bits per heavy atom. The Hall–Kier alpha value is -1.16. The van der Waals surface area contributed by atoms with Gasteiger partial charge < -0.3 is 10.2 Å². The minimum absolute atomic E-state index is 0.632. The standard InChI is InChI=1S/C12H22N4/c1-11(2)16(3)9-5-4-6-14-12-10-13-7-8-15-12/h7-8,10-11H,4-6,9H2,1-3H3,(H,14,15). The predicted molar refractivity (Wildman–Crippen MR) is 67.5 cm³/mol. The van der Waals surface area contributed by atoms with Crippen molar-refractivity contribution in [2.45, 2.75) is 32.7 Å². The lowest BCUT2D eigenvalue weighted by atomic mass is 10.2. The maximum absolute atomic E-state index is 4.16. The van der Waals surface area contributed by atoms with Gasteiger partial charge in [-0.25, -0.2) is 4.98 Å². The fraction of sp³-hybridized carbons (Fsp3) is 0.667. The van der Waals surface area contributed by atoms with Crippen LogP contribution in [0.2, 0.25) is 0 Å². The lowest BCUT2D eigenvalue weighted by molar-refractivity contribution is 0.269. The van der Waals surface area contributed by atoms with Gasteiger partial charge in [-0.2, -0.15) is 0 Å². The van der Waals surface area contributed by atoms with Crippen LogP contribution in [-0.2, 0) is 0 Å². The van der Waals surface area contributed by atoms with Crippen molar-refractivity contribution < 1.29 is 0 Å². The Morgan fingerprint density at radius 1 is 1.31 bits per heavy atom. The van der Waals surface area contributed by atoms with Crippen molar-refractivity contribution in [3.05, 3.63) is 18.6 Å². The number of aromatic nitrogens is 2. The van der Waals surface area contributed by atoms with E-state index < -0.39 is 0 Å². The molecular formula is C12H22N4. The normalized spacial score (nSPS) is 11.1. The van der Waals surface area contributed by atoms with Crippen LogP contribution in [0.15, 0.2) is 18.6 Å². The summed E-state index contributed by atoms with van der Waals surface area (Å²) in [5.41, 5.74) is 0. The van der Waals surface area contributed by atoms with Gasteiger partial charge in [-0.05, 0) is 40.3 Å². The van der Waals surface area contributed by atoms with Crippen molar-refractivity contribution in [2.75, 3.05) is 25.5 Å². The molecule has 0 unspecified atom stereocenters. The first kappa shape index (κ1) is 12.9. The SMILES string of the molecule is CC(C)N(C)CCCCNc1cnccn1.